The lowest BCUT2D eigenvalue weighted by Crippen LogP contribution is -2.23. The van der Waals surface area contributed by atoms with E-state index in [1.807, 2.05) is 6.07 Å². The average Bonchev–Trinajstić information content (AvgIpc) is 2.90. The number of hydrogen-bond donors (Lipinski definition) is 1. The second-order valence-electron chi connectivity index (χ2n) is 8.38. The highest BCUT2D eigenvalue weighted by molar-refractivity contribution is 9.10. The second kappa shape index (κ2) is 12.5. The van der Waals surface area contributed by atoms with Crippen LogP contribution < -0.4 is 20.3 Å². The molecule has 0 fully saturated rings. The average molecular weight is 581 g/mol. The van der Waals surface area contributed by atoms with E-state index >= 15 is 0 Å². The lowest BCUT2D eigenvalue weighted by atomic mass is 10.2. The van der Waals surface area contributed by atoms with Gasteiger partial charge in [0.25, 0.3) is 11.5 Å². The number of methoxy groups -OCH3 is 1. The Balaban J connectivity index is 1.65. The molecule has 1 amide bonds. The van der Waals surface area contributed by atoms with Crippen molar-refractivity contribution >= 4 is 44.6 Å². The number of fused-ring (bicyclic) bond motifs is 1. The SMILES string of the molecule is CCCCc1nc2ccc(Br)cc2c(=O)n1N=Cc1cccc(OC)c1OCC(=O)Nc1cccc(F)c1. The molecule has 0 aliphatic rings. The number of anilines is 1. The summed E-state index contributed by atoms with van der Waals surface area (Å²) in [5, 5.41) is 7.50. The van der Waals surface area contributed by atoms with Crippen molar-refractivity contribution in [1.82, 2.24) is 9.66 Å². The van der Waals surface area contributed by atoms with E-state index in [0.29, 0.717) is 40.1 Å². The van der Waals surface area contributed by atoms with Crippen molar-refractivity contribution in [2.75, 3.05) is 19.0 Å². The molecule has 196 valence electrons. The minimum atomic E-state index is -0.480. The van der Waals surface area contributed by atoms with Crippen LogP contribution in [-0.4, -0.2) is 35.5 Å². The number of nitrogens with zero attached hydrogens (tertiary/aromatic N) is 3. The molecule has 0 aliphatic carbocycles. The van der Waals surface area contributed by atoms with Crippen LogP contribution in [0.3, 0.4) is 0 Å². The first-order valence-electron chi connectivity index (χ1n) is 12.0. The molecular formula is C28H26BrFN4O4. The van der Waals surface area contributed by atoms with E-state index in [0.717, 1.165) is 17.3 Å². The highest BCUT2D eigenvalue weighted by Crippen LogP contribution is 2.30. The van der Waals surface area contributed by atoms with Gasteiger partial charge in [-0.15, -0.1) is 0 Å². The molecule has 0 saturated heterocycles. The summed E-state index contributed by atoms with van der Waals surface area (Å²) < 4.78 is 26.7. The maximum absolute atomic E-state index is 13.4. The van der Waals surface area contributed by atoms with Crippen LogP contribution in [0.25, 0.3) is 10.9 Å². The van der Waals surface area contributed by atoms with Crippen molar-refractivity contribution in [1.29, 1.82) is 0 Å². The molecule has 1 aromatic heterocycles. The number of halogens is 2. The number of amides is 1. The third-order valence-corrected chi connectivity index (χ3v) is 6.12. The van der Waals surface area contributed by atoms with E-state index in [4.69, 9.17) is 9.47 Å². The summed E-state index contributed by atoms with van der Waals surface area (Å²) in [5.41, 5.74) is 1.12. The van der Waals surface area contributed by atoms with Gasteiger partial charge in [-0.2, -0.15) is 9.78 Å². The standard InChI is InChI=1S/C28H26BrFN4O4/c1-3-4-11-25-33-23-13-12-19(29)14-22(23)28(36)34(25)31-16-18-7-5-10-24(37-2)27(18)38-17-26(35)32-21-9-6-8-20(30)15-21/h5-10,12-16H,3-4,11,17H2,1-2H3,(H,32,35). The minimum absolute atomic E-state index is 0.271. The molecule has 0 saturated carbocycles. The first-order valence-corrected chi connectivity index (χ1v) is 12.8. The topological polar surface area (TPSA) is 94.8 Å². The molecule has 0 atom stereocenters. The molecule has 3 aromatic carbocycles. The van der Waals surface area contributed by atoms with E-state index < -0.39 is 11.7 Å². The van der Waals surface area contributed by atoms with Gasteiger partial charge in [-0.25, -0.2) is 9.37 Å². The number of benzene rings is 3. The summed E-state index contributed by atoms with van der Waals surface area (Å²) in [5.74, 6) is 0.255. The first kappa shape index (κ1) is 27.0. The monoisotopic (exact) mass is 580 g/mol. The van der Waals surface area contributed by atoms with E-state index in [1.54, 1.807) is 36.4 Å². The van der Waals surface area contributed by atoms with Crippen molar-refractivity contribution in [2.45, 2.75) is 26.2 Å². The van der Waals surface area contributed by atoms with Crippen LogP contribution in [-0.2, 0) is 11.2 Å². The second-order valence-corrected chi connectivity index (χ2v) is 9.30. The number of carbonyl (C=O) groups is 1. The van der Waals surface area contributed by atoms with Gasteiger partial charge in [0.05, 0.1) is 24.2 Å². The number of para-hydroxylation sites is 1. The number of hydrogen-bond acceptors (Lipinski definition) is 6. The zero-order valence-corrected chi connectivity index (χ0v) is 22.5. The Hall–Kier alpha value is -4.05. The fourth-order valence-electron chi connectivity index (χ4n) is 3.78. The van der Waals surface area contributed by atoms with Crippen molar-refractivity contribution < 1.29 is 18.7 Å². The van der Waals surface area contributed by atoms with Crippen molar-refractivity contribution in [3.8, 4) is 11.5 Å². The van der Waals surface area contributed by atoms with Gasteiger partial charge in [-0.1, -0.05) is 41.4 Å². The van der Waals surface area contributed by atoms with Crippen LogP contribution in [0.15, 0.2) is 75.0 Å². The fraction of sp³-hybridized carbons (Fsp3) is 0.214. The van der Waals surface area contributed by atoms with Gasteiger partial charge in [0, 0.05) is 22.1 Å². The maximum atomic E-state index is 13.4. The smallest absolute Gasteiger partial charge is 0.282 e. The molecule has 0 unspecified atom stereocenters. The summed E-state index contributed by atoms with van der Waals surface area (Å²) in [6.07, 6.45) is 3.84. The van der Waals surface area contributed by atoms with Crippen molar-refractivity contribution in [3.63, 3.8) is 0 Å². The Morgan fingerprint density at radius 2 is 2.00 bits per heavy atom. The molecule has 4 rings (SSSR count). The zero-order valence-electron chi connectivity index (χ0n) is 20.9. The van der Waals surface area contributed by atoms with Crippen LogP contribution in [0.5, 0.6) is 11.5 Å². The summed E-state index contributed by atoms with van der Waals surface area (Å²) in [7, 11) is 1.48. The van der Waals surface area contributed by atoms with Gasteiger partial charge < -0.3 is 14.8 Å². The third kappa shape index (κ3) is 6.44. The molecule has 38 heavy (non-hydrogen) atoms. The third-order valence-electron chi connectivity index (χ3n) is 5.63. The molecule has 4 aromatic rings. The van der Waals surface area contributed by atoms with Gasteiger partial charge >= 0.3 is 0 Å². The highest BCUT2D eigenvalue weighted by Gasteiger charge is 2.14. The van der Waals surface area contributed by atoms with Gasteiger partial charge in [0.15, 0.2) is 18.1 Å². The Labute approximate surface area is 227 Å². The zero-order chi connectivity index (χ0) is 27.1. The van der Waals surface area contributed by atoms with E-state index in [2.05, 4.69) is 38.3 Å². The van der Waals surface area contributed by atoms with E-state index in [-0.39, 0.29) is 17.9 Å². The lowest BCUT2D eigenvalue weighted by Gasteiger charge is -2.14. The summed E-state index contributed by atoms with van der Waals surface area (Å²) in [6, 6.07) is 16.1. The Kier molecular flexibility index (Phi) is 8.85. The van der Waals surface area contributed by atoms with Crippen LogP contribution in [0.2, 0.25) is 0 Å². The Morgan fingerprint density at radius 1 is 1.18 bits per heavy atom. The minimum Gasteiger partial charge on any atom is -0.493 e. The van der Waals surface area contributed by atoms with Crippen LogP contribution in [0.1, 0.15) is 31.2 Å². The Morgan fingerprint density at radius 3 is 2.76 bits per heavy atom. The van der Waals surface area contributed by atoms with Crippen molar-refractivity contribution in [2.24, 2.45) is 5.10 Å². The van der Waals surface area contributed by atoms with Crippen molar-refractivity contribution in [3.05, 3.63) is 92.7 Å². The number of ether oxygens (including phenoxy) is 2. The molecule has 0 spiro atoms. The number of aryl methyl sites for hydroxylation is 1. The van der Waals surface area contributed by atoms with Gasteiger partial charge in [0.2, 0.25) is 0 Å². The van der Waals surface area contributed by atoms with E-state index in [1.165, 1.54) is 36.2 Å². The molecule has 0 radical (unpaired) electrons. The maximum Gasteiger partial charge on any atom is 0.282 e. The molecule has 8 nitrogen and oxygen atoms in total. The lowest BCUT2D eigenvalue weighted by molar-refractivity contribution is -0.118. The number of unbranched alkanes of at least 4 members (excludes halogenated alkanes) is 1. The quantitative estimate of drug-likeness (QED) is 0.248. The molecule has 0 aliphatic heterocycles. The van der Waals surface area contributed by atoms with E-state index in [9.17, 15) is 14.0 Å². The first-order chi connectivity index (χ1) is 18.4. The molecule has 10 heteroatoms. The molecular weight excluding hydrogens is 555 g/mol. The van der Waals surface area contributed by atoms with Gasteiger partial charge in [-0.05, 0) is 55.0 Å². The molecule has 1 heterocycles. The molecule has 1 N–H and O–H groups in total. The number of nitrogens with one attached hydrogen (secondary N) is 1. The largest absolute Gasteiger partial charge is 0.493 e. The summed E-state index contributed by atoms with van der Waals surface area (Å²) in [6.45, 7) is 1.71. The fourth-order valence-corrected chi connectivity index (χ4v) is 4.14. The number of carbonyl (C=O) groups excluding carboxylic acids is 1. The van der Waals surface area contributed by atoms with Crippen LogP contribution in [0, 0.1) is 5.82 Å². The predicted molar refractivity (Wildman–Crippen MR) is 149 cm³/mol. The highest BCUT2D eigenvalue weighted by atomic mass is 79.9. The number of aromatic nitrogens is 2. The predicted octanol–water partition coefficient (Wildman–Crippen LogP) is 5.55. The van der Waals surface area contributed by atoms with Gasteiger partial charge in [-0.3, -0.25) is 9.59 Å². The summed E-state index contributed by atoms with van der Waals surface area (Å²) >= 11 is 3.41. The van der Waals surface area contributed by atoms with Crippen LogP contribution >= 0.6 is 15.9 Å². The Bertz CT molecular complexity index is 1550. The van der Waals surface area contributed by atoms with Gasteiger partial charge in [0.1, 0.15) is 11.6 Å². The van der Waals surface area contributed by atoms with Crippen LogP contribution in [0.4, 0.5) is 10.1 Å². The normalized spacial score (nSPS) is 11.2. The summed E-state index contributed by atoms with van der Waals surface area (Å²) in [4.78, 5) is 30.5. The number of rotatable bonds is 10. The molecule has 0 bridgehead atoms.